The summed E-state index contributed by atoms with van der Waals surface area (Å²) in [5.41, 5.74) is 1.21. The molecule has 1 saturated carbocycles. The Hall–Kier alpha value is -1.45. The van der Waals surface area contributed by atoms with Crippen LogP contribution in [0.2, 0.25) is 0 Å². The topological polar surface area (TPSA) is 63.1 Å². The summed E-state index contributed by atoms with van der Waals surface area (Å²) in [6, 6.07) is 1.53. The summed E-state index contributed by atoms with van der Waals surface area (Å²) >= 11 is 0. The van der Waals surface area contributed by atoms with Crippen molar-refractivity contribution in [3.05, 3.63) is 23.3 Å². The third-order valence-corrected chi connectivity index (χ3v) is 4.41. The normalized spacial score (nSPS) is 23.6. The second-order valence-electron chi connectivity index (χ2n) is 6.97. The van der Waals surface area contributed by atoms with Crippen LogP contribution in [0.25, 0.3) is 0 Å². The molecule has 0 radical (unpaired) electrons. The van der Waals surface area contributed by atoms with Crippen LogP contribution in [0, 0.1) is 18.3 Å². The van der Waals surface area contributed by atoms with Gasteiger partial charge < -0.3 is 5.11 Å². The average molecular weight is 276 g/mol. The lowest BCUT2D eigenvalue weighted by molar-refractivity contribution is 0.0689. The van der Waals surface area contributed by atoms with E-state index in [1.807, 2.05) is 6.92 Å². The summed E-state index contributed by atoms with van der Waals surface area (Å²) in [5.74, 6) is 0.795. The molecule has 1 heterocycles. The molecule has 0 saturated heterocycles. The number of carboxylic acids is 1. The Balaban J connectivity index is 2.13. The molecule has 0 amide bonds. The molecule has 0 aromatic carbocycles. The molecular weight excluding hydrogens is 252 g/mol. The molecule has 0 bridgehead atoms. The van der Waals surface area contributed by atoms with Crippen molar-refractivity contribution >= 4 is 5.97 Å². The van der Waals surface area contributed by atoms with Crippen LogP contribution in [0.15, 0.2) is 6.07 Å². The molecule has 110 valence electrons. The van der Waals surface area contributed by atoms with Gasteiger partial charge in [0.1, 0.15) is 5.82 Å². The predicted octanol–water partition coefficient (Wildman–Crippen LogP) is 3.80. The molecule has 4 heteroatoms. The summed E-state index contributed by atoms with van der Waals surface area (Å²) in [5, 5.41) is 9.09. The van der Waals surface area contributed by atoms with Gasteiger partial charge in [0.25, 0.3) is 0 Å². The first-order valence-electron chi connectivity index (χ1n) is 7.36. The van der Waals surface area contributed by atoms with Gasteiger partial charge in [0.15, 0.2) is 5.69 Å². The Morgan fingerprint density at radius 3 is 2.30 bits per heavy atom. The van der Waals surface area contributed by atoms with Crippen molar-refractivity contribution in [2.45, 2.75) is 59.3 Å². The standard InChI is InChI=1S/C16H24N2O2/c1-10-9-13(15(19)20)18-14(17-10)11-5-7-12(8-6-11)16(2,3)4/h9,11-12H,5-8H2,1-4H3,(H,19,20). The molecule has 2 rings (SSSR count). The highest BCUT2D eigenvalue weighted by atomic mass is 16.4. The summed E-state index contributed by atoms with van der Waals surface area (Å²) in [4.78, 5) is 19.8. The van der Waals surface area contributed by atoms with Crippen molar-refractivity contribution in [1.29, 1.82) is 0 Å². The second kappa shape index (κ2) is 5.51. The Kier molecular flexibility index (Phi) is 4.11. The maximum atomic E-state index is 11.1. The fourth-order valence-electron chi connectivity index (χ4n) is 3.10. The number of hydrogen-bond acceptors (Lipinski definition) is 3. The smallest absolute Gasteiger partial charge is 0.354 e. The van der Waals surface area contributed by atoms with Gasteiger partial charge in [-0.2, -0.15) is 0 Å². The Bertz CT molecular complexity index is 498. The zero-order chi connectivity index (χ0) is 14.9. The third kappa shape index (κ3) is 3.35. The van der Waals surface area contributed by atoms with Gasteiger partial charge >= 0.3 is 5.97 Å². The molecular formula is C16H24N2O2. The van der Waals surface area contributed by atoms with E-state index in [9.17, 15) is 4.79 Å². The number of carbonyl (C=O) groups is 1. The molecule has 0 aliphatic heterocycles. The molecule has 20 heavy (non-hydrogen) atoms. The lowest BCUT2D eigenvalue weighted by atomic mass is 9.69. The maximum absolute atomic E-state index is 11.1. The zero-order valence-electron chi connectivity index (χ0n) is 12.8. The number of aromatic carboxylic acids is 1. The highest BCUT2D eigenvalue weighted by Crippen LogP contribution is 2.42. The molecule has 1 fully saturated rings. The third-order valence-electron chi connectivity index (χ3n) is 4.41. The quantitative estimate of drug-likeness (QED) is 0.892. The SMILES string of the molecule is Cc1cc(C(=O)O)nc(C2CCC(C(C)(C)C)CC2)n1. The van der Waals surface area contributed by atoms with E-state index < -0.39 is 5.97 Å². The molecule has 1 aromatic heterocycles. The van der Waals surface area contributed by atoms with E-state index in [2.05, 4.69) is 30.7 Å². The van der Waals surface area contributed by atoms with Crippen LogP contribution in [-0.2, 0) is 0 Å². The van der Waals surface area contributed by atoms with Gasteiger partial charge in [0, 0.05) is 11.6 Å². The largest absolute Gasteiger partial charge is 0.477 e. The lowest BCUT2D eigenvalue weighted by Gasteiger charge is -2.36. The van der Waals surface area contributed by atoms with Crippen molar-refractivity contribution in [2.75, 3.05) is 0 Å². The van der Waals surface area contributed by atoms with Crippen molar-refractivity contribution in [1.82, 2.24) is 9.97 Å². The summed E-state index contributed by atoms with van der Waals surface area (Å²) < 4.78 is 0. The van der Waals surface area contributed by atoms with Gasteiger partial charge in [-0.25, -0.2) is 14.8 Å². The molecule has 1 aliphatic carbocycles. The molecule has 0 unspecified atom stereocenters. The fraction of sp³-hybridized carbons (Fsp3) is 0.688. The average Bonchev–Trinajstić information content (AvgIpc) is 2.37. The van der Waals surface area contributed by atoms with Gasteiger partial charge in [0.2, 0.25) is 0 Å². The van der Waals surface area contributed by atoms with Crippen LogP contribution in [0.5, 0.6) is 0 Å². The molecule has 0 atom stereocenters. The van der Waals surface area contributed by atoms with Crippen LogP contribution in [0.3, 0.4) is 0 Å². The molecule has 1 N–H and O–H groups in total. The monoisotopic (exact) mass is 276 g/mol. The highest BCUT2D eigenvalue weighted by molar-refractivity contribution is 5.85. The van der Waals surface area contributed by atoms with Crippen LogP contribution in [0.1, 0.15) is 74.4 Å². The van der Waals surface area contributed by atoms with E-state index in [4.69, 9.17) is 5.11 Å². The minimum Gasteiger partial charge on any atom is -0.477 e. The Morgan fingerprint density at radius 1 is 1.20 bits per heavy atom. The fourth-order valence-corrected chi connectivity index (χ4v) is 3.10. The first-order chi connectivity index (χ1) is 9.27. The van der Waals surface area contributed by atoms with Crippen molar-refractivity contribution in [2.24, 2.45) is 11.3 Å². The molecule has 0 spiro atoms. The second-order valence-corrected chi connectivity index (χ2v) is 6.97. The summed E-state index contributed by atoms with van der Waals surface area (Å²) in [6.45, 7) is 8.72. The van der Waals surface area contributed by atoms with Crippen LogP contribution >= 0.6 is 0 Å². The van der Waals surface area contributed by atoms with Gasteiger partial charge in [-0.15, -0.1) is 0 Å². The van der Waals surface area contributed by atoms with E-state index in [1.165, 1.54) is 18.9 Å². The number of carboxylic acid groups (broad SMARTS) is 1. The van der Waals surface area contributed by atoms with E-state index >= 15 is 0 Å². The summed E-state index contributed by atoms with van der Waals surface area (Å²) in [6.07, 6.45) is 4.47. The number of rotatable bonds is 2. The van der Waals surface area contributed by atoms with Crippen molar-refractivity contribution in [3.63, 3.8) is 0 Å². The van der Waals surface area contributed by atoms with E-state index in [0.29, 0.717) is 11.3 Å². The lowest BCUT2D eigenvalue weighted by Crippen LogP contribution is -2.26. The maximum Gasteiger partial charge on any atom is 0.354 e. The highest BCUT2D eigenvalue weighted by Gasteiger charge is 2.31. The van der Waals surface area contributed by atoms with Crippen LogP contribution in [-0.4, -0.2) is 21.0 Å². The minimum absolute atomic E-state index is 0.116. The molecule has 1 aromatic rings. The van der Waals surface area contributed by atoms with Gasteiger partial charge in [-0.05, 0) is 50.0 Å². The number of hydrogen-bond donors (Lipinski definition) is 1. The summed E-state index contributed by atoms with van der Waals surface area (Å²) in [7, 11) is 0. The number of aromatic nitrogens is 2. The van der Waals surface area contributed by atoms with Crippen molar-refractivity contribution in [3.8, 4) is 0 Å². The van der Waals surface area contributed by atoms with E-state index in [0.717, 1.165) is 30.3 Å². The van der Waals surface area contributed by atoms with Crippen LogP contribution < -0.4 is 0 Å². The Labute approximate surface area is 120 Å². The van der Waals surface area contributed by atoms with Gasteiger partial charge in [-0.3, -0.25) is 0 Å². The van der Waals surface area contributed by atoms with Crippen molar-refractivity contribution < 1.29 is 9.90 Å². The van der Waals surface area contributed by atoms with E-state index in [1.54, 1.807) is 0 Å². The molecule has 4 nitrogen and oxygen atoms in total. The van der Waals surface area contributed by atoms with Crippen LogP contribution in [0.4, 0.5) is 0 Å². The first kappa shape index (κ1) is 14.9. The predicted molar refractivity (Wildman–Crippen MR) is 77.9 cm³/mol. The first-order valence-corrected chi connectivity index (χ1v) is 7.36. The van der Waals surface area contributed by atoms with E-state index in [-0.39, 0.29) is 5.69 Å². The minimum atomic E-state index is -0.972. The van der Waals surface area contributed by atoms with Gasteiger partial charge in [0.05, 0.1) is 0 Å². The van der Waals surface area contributed by atoms with Gasteiger partial charge in [-0.1, -0.05) is 20.8 Å². The number of aryl methyl sites for hydroxylation is 1. The zero-order valence-corrected chi connectivity index (χ0v) is 12.8. The number of nitrogens with zero attached hydrogens (tertiary/aromatic N) is 2. The molecule has 1 aliphatic rings. The Morgan fingerprint density at radius 2 is 1.80 bits per heavy atom.